The van der Waals surface area contributed by atoms with Crippen molar-refractivity contribution in [3.63, 3.8) is 0 Å². The minimum absolute atomic E-state index is 0.124. The minimum Gasteiger partial charge on any atom is -0.294 e. The first kappa shape index (κ1) is 22.9. The van der Waals surface area contributed by atoms with E-state index in [1.807, 2.05) is 0 Å². The summed E-state index contributed by atoms with van der Waals surface area (Å²) in [4.78, 5) is 21.1. The lowest BCUT2D eigenvalue weighted by Gasteiger charge is -2.21. The highest BCUT2D eigenvalue weighted by atomic mass is 32.1. The third-order valence-corrected chi connectivity index (χ3v) is 5.95. The molecule has 0 unspecified atom stereocenters. The van der Waals surface area contributed by atoms with Crippen molar-refractivity contribution in [3.8, 4) is 0 Å². The molecule has 0 saturated heterocycles. The molecule has 2 aromatic heterocycles. The largest absolute Gasteiger partial charge is 0.418 e. The van der Waals surface area contributed by atoms with Gasteiger partial charge in [0.15, 0.2) is 5.78 Å². The van der Waals surface area contributed by atoms with Crippen LogP contribution in [-0.4, -0.2) is 15.8 Å². The number of hydrogen-bond donors (Lipinski definition) is 0. The van der Waals surface area contributed by atoms with Crippen LogP contribution in [0.25, 0.3) is 10.2 Å². The van der Waals surface area contributed by atoms with Crippen molar-refractivity contribution in [3.05, 3.63) is 94.3 Å². The Hall–Kier alpha value is -3.27. The number of carbonyl (C=O) groups excluding carboxylic acids is 1. The molecule has 2 aromatic carbocycles. The number of thiazole rings is 1. The Labute approximate surface area is 187 Å². The van der Waals surface area contributed by atoms with E-state index in [4.69, 9.17) is 0 Å². The number of fused-ring (bicyclic) bond motifs is 1. The van der Waals surface area contributed by atoms with E-state index in [-0.39, 0.29) is 11.1 Å². The van der Waals surface area contributed by atoms with E-state index in [2.05, 4.69) is 9.97 Å². The third-order valence-electron chi connectivity index (χ3n) is 5.16. The Kier molecular flexibility index (Phi) is 5.96. The molecule has 0 spiro atoms. The van der Waals surface area contributed by atoms with Crippen LogP contribution < -0.4 is 0 Å². The van der Waals surface area contributed by atoms with Gasteiger partial charge in [-0.3, -0.25) is 9.78 Å². The van der Waals surface area contributed by atoms with Gasteiger partial charge in [0.1, 0.15) is 0 Å². The first-order chi connectivity index (χ1) is 15.5. The summed E-state index contributed by atoms with van der Waals surface area (Å²) >= 11 is 1.31. The standard InChI is InChI=1S/C23H14F6N2OS/c24-22(25,26)15-6-3-13(4-7-15)16(21-17(23(27,28)29)2-1-9-30-21)11-19(32)14-5-8-18-20(10-14)33-12-31-18/h1-10,12,16H,11H2/t16-/m0/s1. The zero-order chi connectivity index (χ0) is 23.8. The number of rotatable bonds is 5. The van der Waals surface area contributed by atoms with E-state index in [1.54, 1.807) is 17.6 Å². The van der Waals surface area contributed by atoms with Crippen molar-refractivity contribution in [2.24, 2.45) is 0 Å². The van der Waals surface area contributed by atoms with Gasteiger partial charge in [-0.1, -0.05) is 12.1 Å². The Balaban J connectivity index is 1.77. The van der Waals surface area contributed by atoms with Gasteiger partial charge in [-0.15, -0.1) is 11.3 Å². The number of pyridine rings is 1. The molecule has 0 radical (unpaired) electrons. The predicted molar refractivity (Wildman–Crippen MR) is 111 cm³/mol. The number of aromatic nitrogens is 2. The summed E-state index contributed by atoms with van der Waals surface area (Å²) in [5.41, 5.74) is 0.280. The van der Waals surface area contributed by atoms with Crippen LogP contribution in [0, 0.1) is 0 Å². The molecule has 3 nitrogen and oxygen atoms in total. The van der Waals surface area contributed by atoms with Crippen LogP contribution in [0.4, 0.5) is 26.3 Å². The van der Waals surface area contributed by atoms with Crippen LogP contribution in [0.1, 0.15) is 45.1 Å². The van der Waals surface area contributed by atoms with Crippen molar-refractivity contribution >= 4 is 27.3 Å². The van der Waals surface area contributed by atoms with Crippen molar-refractivity contribution in [1.82, 2.24) is 9.97 Å². The van der Waals surface area contributed by atoms with E-state index >= 15 is 0 Å². The molecule has 170 valence electrons. The normalized spacial score (nSPS) is 13.3. The molecule has 0 saturated carbocycles. The first-order valence-corrected chi connectivity index (χ1v) is 10.5. The summed E-state index contributed by atoms with van der Waals surface area (Å²) in [6.07, 6.45) is -8.60. The van der Waals surface area contributed by atoms with Gasteiger partial charge in [0.05, 0.1) is 32.5 Å². The second kappa shape index (κ2) is 8.58. The Bertz CT molecular complexity index is 1290. The van der Waals surface area contributed by atoms with Crippen molar-refractivity contribution in [2.75, 3.05) is 0 Å². The fraction of sp³-hybridized carbons (Fsp3) is 0.174. The number of Topliss-reactive ketones (excluding diaryl/α,β-unsaturated/α-hetero) is 1. The Morgan fingerprint density at radius 2 is 1.64 bits per heavy atom. The molecule has 33 heavy (non-hydrogen) atoms. The summed E-state index contributed by atoms with van der Waals surface area (Å²) < 4.78 is 80.7. The van der Waals surface area contributed by atoms with Crippen LogP contribution in [0.3, 0.4) is 0 Å². The number of halogens is 6. The molecule has 0 aliphatic rings. The lowest BCUT2D eigenvalue weighted by Crippen LogP contribution is -2.17. The van der Waals surface area contributed by atoms with E-state index < -0.39 is 47.3 Å². The number of alkyl halides is 6. The summed E-state index contributed by atoms with van der Waals surface area (Å²) in [5.74, 6) is -1.66. The van der Waals surface area contributed by atoms with E-state index in [9.17, 15) is 31.1 Å². The van der Waals surface area contributed by atoms with E-state index in [0.29, 0.717) is 5.52 Å². The van der Waals surface area contributed by atoms with Crippen LogP contribution in [0.15, 0.2) is 66.3 Å². The van der Waals surface area contributed by atoms with Gasteiger partial charge in [0.2, 0.25) is 0 Å². The third kappa shape index (κ3) is 4.90. The fourth-order valence-electron chi connectivity index (χ4n) is 3.54. The highest BCUT2D eigenvalue weighted by molar-refractivity contribution is 7.16. The minimum atomic E-state index is -4.75. The maximum absolute atomic E-state index is 13.7. The predicted octanol–water partition coefficient (Wildman–Crippen LogP) is 7.13. The van der Waals surface area contributed by atoms with Gasteiger partial charge in [0, 0.05) is 24.1 Å². The van der Waals surface area contributed by atoms with Crippen molar-refractivity contribution in [1.29, 1.82) is 0 Å². The van der Waals surface area contributed by atoms with E-state index in [0.717, 1.165) is 47.3 Å². The zero-order valence-electron chi connectivity index (χ0n) is 16.6. The number of hydrogen-bond acceptors (Lipinski definition) is 4. The highest BCUT2D eigenvalue weighted by Gasteiger charge is 2.37. The Morgan fingerprint density at radius 3 is 2.30 bits per heavy atom. The number of carbonyl (C=O) groups is 1. The average Bonchev–Trinajstić information content (AvgIpc) is 3.24. The van der Waals surface area contributed by atoms with Gasteiger partial charge < -0.3 is 0 Å². The number of nitrogens with zero attached hydrogens (tertiary/aromatic N) is 2. The maximum atomic E-state index is 13.7. The summed E-state index contributed by atoms with van der Waals surface area (Å²) in [5, 5.41) is 0. The summed E-state index contributed by atoms with van der Waals surface area (Å²) in [6, 6.07) is 10.5. The SMILES string of the molecule is O=C(C[C@@H](c1ccc(C(F)(F)F)cc1)c1ncccc1C(F)(F)F)c1ccc2ncsc2c1. The molecule has 0 bridgehead atoms. The number of benzene rings is 2. The molecule has 0 aliphatic heterocycles. The lowest BCUT2D eigenvalue weighted by atomic mass is 9.86. The molecular weight excluding hydrogens is 466 g/mol. The smallest absolute Gasteiger partial charge is 0.294 e. The molecule has 0 fully saturated rings. The second-order valence-electron chi connectivity index (χ2n) is 7.27. The molecule has 4 aromatic rings. The van der Waals surface area contributed by atoms with Crippen LogP contribution >= 0.6 is 11.3 Å². The van der Waals surface area contributed by atoms with Crippen LogP contribution in [0.5, 0.6) is 0 Å². The molecule has 0 N–H and O–H groups in total. The zero-order valence-corrected chi connectivity index (χ0v) is 17.4. The topological polar surface area (TPSA) is 42.9 Å². The molecule has 10 heteroatoms. The first-order valence-electron chi connectivity index (χ1n) is 9.60. The molecule has 0 amide bonds. The van der Waals surface area contributed by atoms with Gasteiger partial charge in [0.25, 0.3) is 0 Å². The quantitative estimate of drug-likeness (QED) is 0.225. The molecule has 0 aliphatic carbocycles. The second-order valence-corrected chi connectivity index (χ2v) is 8.15. The van der Waals surface area contributed by atoms with Crippen molar-refractivity contribution in [2.45, 2.75) is 24.7 Å². The molecule has 1 atom stereocenters. The van der Waals surface area contributed by atoms with Gasteiger partial charge in [-0.2, -0.15) is 26.3 Å². The molecule has 4 rings (SSSR count). The highest BCUT2D eigenvalue weighted by Crippen LogP contribution is 2.39. The van der Waals surface area contributed by atoms with Gasteiger partial charge in [-0.25, -0.2) is 4.98 Å². The average molecular weight is 480 g/mol. The summed E-state index contributed by atoms with van der Waals surface area (Å²) in [7, 11) is 0. The molecule has 2 heterocycles. The van der Waals surface area contributed by atoms with Crippen LogP contribution in [-0.2, 0) is 12.4 Å². The molecular formula is C23H14F6N2OS. The fourth-order valence-corrected chi connectivity index (χ4v) is 4.26. The van der Waals surface area contributed by atoms with Crippen LogP contribution in [0.2, 0.25) is 0 Å². The van der Waals surface area contributed by atoms with Gasteiger partial charge in [-0.05, 0) is 48.0 Å². The lowest BCUT2D eigenvalue weighted by molar-refractivity contribution is -0.139. The van der Waals surface area contributed by atoms with E-state index in [1.165, 1.54) is 17.4 Å². The van der Waals surface area contributed by atoms with Gasteiger partial charge >= 0.3 is 12.4 Å². The number of ketones is 1. The summed E-state index contributed by atoms with van der Waals surface area (Å²) in [6.45, 7) is 0. The maximum Gasteiger partial charge on any atom is 0.418 e. The Morgan fingerprint density at radius 1 is 0.909 bits per heavy atom. The van der Waals surface area contributed by atoms with Crippen molar-refractivity contribution < 1.29 is 31.1 Å². The monoisotopic (exact) mass is 480 g/mol.